The third-order valence-electron chi connectivity index (χ3n) is 1.87. The van der Waals surface area contributed by atoms with Crippen molar-refractivity contribution in [2.24, 2.45) is 0 Å². The fourth-order valence-electron chi connectivity index (χ4n) is 1.06. The second-order valence-corrected chi connectivity index (χ2v) is 3.33. The Kier molecular flexibility index (Phi) is 5.25. The van der Waals surface area contributed by atoms with Crippen molar-refractivity contribution in [3.8, 4) is 0 Å². The van der Waals surface area contributed by atoms with Crippen LogP contribution in [0.5, 0.6) is 0 Å². The number of nitrogens with one attached hydrogen (secondary N) is 2. The number of halogens is 2. The van der Waals surface area contributed by atoms with Crippen molar-refractivity contribution in [3.63, 3.8) is 0 Å². The summed E-state index contributed by atoms with van der Waals surface area (Å²) >= 11 is 0. The van der Waals surface area contributed by atoms with Crippen LogP contribution in [0, 0.1) is 0 Å². The minimum Gasteiger partial charge on any atom is -0.369 e. The normalized spacial score (nSPS) is 10.4. The van der Waals surface area contributed by atoms with E-state index in [1.165, 1.54) is 6.07 Å². The van der Waals surface area contributed by atoms with Gasteiger partial charge in [-0.05, 0) is 18.6 Å². The molecule has 17 heavy (non-hydrogen) atoms. The Labute approximate surface area is 97.6 Å². The monoisotopic (exact) mass is 244 g/mol. The molecule has 1 heterocycles. The molecule has 1 amide bonds. The quantitative estimate of drug-likeness (QED) is 0.791. The van der Waals surface area contributed by atoms with Gasteiger partial charge in [0.05, 0.1) is 6.54 Å². The average Bonchev–Trinajstić information content (AvgIpc) is 2.34. The molecule has 0 bridgehead atoms. The van der Waals surface area contributed by atoms with Gasteiger partial charge in [0.2, 0.25) is 0 Å². The first-order valence-electron chi connectivity index (χ1n) is 5.27. The Hall–Kier alpha value is -1.79. The standard InChI is InChI=1S/C10H14F2N4O/c1-2-5-13-9-4-3-7(15-16-9)10(17)14-6-8(11)12/h3-4,8H,2,5-6H2,1H3,(H,13,16)(H,14,17). The minimum absolute atomic E-state index is 0.0210. The average molecular weight is 244 g/mol. The van der Waals surface area contributed by atoms with E-state index in [1.54, 1.807) is 6.07 Å². The van der Waals surface area contributed by atoms with Gasteiger partial charge in [-0.3, -0.25) is 4.79 Å². The highest BCUT2D eigenvalue weighted by Crippen LogP contribution is 2.02. The summed E-state index contributed by atoms with van der Waals surface area (Å²) in [5.41, 5.74) is 0.0210. The topological polar surface area (TPSA) is 66.9 Å². The van der Waals surface area contributed by atoms with E-state index in [1.807, 2.05) is 12.2 Å². The number of amides is 1. The van der Waals surface area contributed by atoms with Crippen LogP contribution in [0.15, 0.2) is 12.1 Å². The summed E-state index contributed by atoms with van der Waals surface area (Å²) in [6, 6.07) is 3.02. The number of carbonyl (C=O) groups excluding carboxylic acids is 1. The molecule has 5 nitrogen and oxygen atoms in total. The van der Waals surface area contributed by atoms with Gasteiger partial charge in [0, 0.05) is 6.54 Å². The fourth-order valence-corrected chi connectivity index (χ4v) is 1.06. The van der Waals surface area contributed by atoms with Crippen LogP contribution in [0.4, 0.5) is 14.6 Å². The van der Waals surface area contributed by atoms with Gasteiger partial charge in [0.25, 0.3) is 12.3 Å². The van der Waals surface area contributed by atoms with Crippen molar-refractivity contribution in [1.82, 2.24) is 15.5 Å². The molecule has 0 atom stereocenters. The number of hydrogen-bond acceptors (Lipinski definition) is 4. The third kappa shape index (κ3) is 4.71. The van der Waals surface area contributed by atoms with Gasteiger partial charge in [-0.25, -0.2) is 8.78 Å². The van der Waals surface area contributed by atoms with Gasteiger partial charge in [-0.15, -0.1) is 10.2 Å². The number of anilines is 1. The van der Waals surface area contributed by atoms with Gasteiger partial charge >= 0.3 is 0 Å². The summed E-state index contributed by atoms with van der Waals surface area (Å²) in [7, 11) is 0. The van der Waals surface area contributed by atoms with Crippen LogP contribution in [0.2, 0.25) is 0 Å². The molecule has 2 N–H and O–H groups in total. The first-order chi connectivity index (χ1) is 8.13. The molecule has 1 aromatic rings. The molecule has 0 saturated carbocycles. The van der Waals surface area contributed by atoms with Crippen molar-refractivity contribution in [2.45, 2.75) is 19.8 Å². The largest absolute Gasteiger partial charge is 0.369 e. The van der Waals surface area contributed by atoms with Crippen LogP contribution in [0.3, 0.4) is 0 Å². The zero-order valence-electron chi connectivity index (χ0n) is 9.41. The van der Waals surface area contributed by atoms with Gasteiger partial charge in [-0.1, -0.05) is 6.92 Å². The predicted octanol–water partition coefficient (Wildman–Crippen LogP) is 1.29. The molecule has 7 heteroatoms. The maximum Gasteiger partial charge on any atom is 0.271 e. The minimum atomic E-state index is -2.57. The molecule has 94 valence electrons. The molecule has 1 aromatic heterocycles. The maximum absolute atomic E-state index is 11.9. The van der Waals surface area contributed by atoms with E-state index in [4.69, 9.17) is 0 Å². The first kappa shape index (κ1) is 13.3. The summed E-state index contributed by atoms with van der Waals surface area (Å²) in [4.78, 5) is 11.3. The van der Waals surface area contributed by atoms with Gasteiger partial charge in [0.1, 0.15) is 5.82 Å². The number of rotatable bonds is 6. The molecule has 0 radical (unpaired) electrons. The molecular formula is C10H14F2N4O. The zero-order chi connectivity index (χ0) is 12.7. The Balaban J connectivity index is 2.51. The van der Waals surface area contributed by atoms with Crippen molar-refractivity contribution in [3.05, 3.63) is 17.8 Å². The van der Waals surface area contributed by atoms with E-state index >= 15 is 0 Å². The third-order valence-corrected chi connectivity index (χ3v) is 1.87. The summed E-state index contributed by atoms with van der Waals surface area (Å²) in [6.45, 7) is 2.08. The number of carbonyl (C=O) groups is 1. The number of alkyl halides is 2. The lowest BCUT2D eigenvalue weighted by molar-refractivity contribution is 0.0886. The van der Waals surface area contributed by atoms with E-state index in [0.29, 0.717) is 5.82 Å². The smallest absolute Gasteiger partial charge is 0.271 e. The Morgan fingerprint density at radius 1 is 1.41 bits per heavy atom. The first-order valence-corrected chi connectivity index (χ1v) is 5.27. The van der Waals surface area contributed by atoms with E-state index in [-0.39, 0.29) is 5.69 Å². The predicted molar refractivity (Wildman–Crippen MR) is 59.1 cm³/mol. The van der Waals surface area contributed by atoms with Crippen LogP contribution in [0.25, 0.3) is 0 Å². The fraction of sp³-hybridized carbons (Fsp3) is 0.500. The van der Waals surface area contributed by atoms with Gasteiger partial charge in [-0.2, -0.15) is 0 Å². The molecule has 0 aliphatic heterocycles. The van der Waals surface area contributed by atoms with Crippen molar-refractivity contribution in [2.75, 3.05) is 18.4 Å². The van der Waals surface area contributed by atoms with Crippen LogP contribution >= 0.6 is 0 Å². The second kappa shape index (κ2) is 6.72. The molecule has 0 aliphatic rings. The highest BCUT2D eigenvalue weighted by atomic mass is 19.3. The molecule has 0 saturated heterocycles. The molecule has 0 aromatic carbocycles. The van der Waals surface area contributed by atoms with Crippen molar-refractivity contribution >= 4 is 11.7 Å². The number of nitrogens with zero attached hydrogens (tertiary/aromatic N) is 2. The molecule has 0 spiro atoms. The lowest BCUT2D eigenvalue weighted by atomic mass is 10.3. The summed E-state index contributed by atoms with van der Waals surface area (Å²) in [6.07, 6.45) is -1.63. The lowest BCUT2D eigenvalue weighted by Gasteiger charge is -2.05. The summed E-state index contributed by atoms with van der Waals surface area (Å²) in [5.74, 6) is -0.0999. The van der Waals surface area contributed by atoms with E-state index in [2.05, 4.69) is 15.5 Å². The van der Waals surface area contributed by atoms with Crippen LogP contribution in [-0.2, 0) is 0 Å². The van der Waals surface area contributed by atoms with Crippen molar-refractivity contribution in [1.29, 1.82) is 0 Å². The molecule has 0 aliphatic carbocycles. The van der Waals surface area contributed by atoms with E-state index < -0.39 is 18.9 Å². The van der Waals surface area contributed by atoms with Crippen LogP contribution in [-0.4, -0.2) is 35.6 Å². The molecule has 0 unspecified atom stereocenters. The van der Waals surface area contributed by atoms with E-state index in [0.717, 1.165) is 13.0 Å². The number of hydrogen-bond donors (Lipinski definition) is 2. The SMILES string of the molecule is CCCNc1ccc(C(=O)NCC(F)F)nn1. The van der Waals surface area contributed by atoms with Gasteiger partial charge in [0.15, 0.2) is 5.69 Å². The van der Waals surface area contributed by atoms with Crippen LogP contribution < -0.4 is 10.6 Å². The van der Waals surface area contributed by atoms with Crippen LogP contribution in [0.1, 0.15) is 23.8 Å². The second-order valence-electron chi connectivity index (χ2n) is 3.33. The molecular weight excluding hydrogens is 230 g/mol. The summed E-state index contributed by atoms with van der Waals surface area (Å²) < 4.78 is 23.7. The molecule has 1 rings (SSSR count). The van der Waals surface area contributed by atoms with E-state index in [9.17, 15) is 13.6 Å². The molecule has 0 fully saturated rings. The highest BCUT2D eigenvalue weighted by Gasteiger charge is 2.10. The maximum atomic E-state index is 11.9. The Morgan fingerprint density at radius 2 is 2.18 bits per heavy atom. The Bertz CT molecular complexity index is 356. The highest BCUT2D eigenvalue weighted by molar-refractivity contribution is 5.92. The van der Waals surface area contributed by atoms with Gasteiger partial charge < -0.3 is 10.6 Å². The lowest BCUT2D eigenvalue weighted by Crippen LogP contribution is -2.29. The summed E-state index contributed by atoms with van der Waals surface area (Å²) in [5, 5.41) is 12.4. The zero-order valence-corrected chi connectivity index (χ0v) is 9.41. The Morgan fingerprint density at radius 3 is 2.71 bits per heavy atom. The number of aromatic nitrogens is 2. The van der Waals surface area contributed by atoms with Crippen molar-refractivity contribution < 1.29 is 13.6 Å².